The summed E-state index contributed by atoms with van der Waals surface area (Å²) < 4.78 is 0. The SMILES string of the molecule is Cc1cccc(NC(=O)C(C)Sc2ccc(NC(=O)/C(=C/c3ccc(N(C)C)cc3)NC(=O)c3ccccc3)cc2)c1. The fraction of sp³-hybridized carbons (Fsp3) is 0.147. The van der Waals surface area contributed by atoms with Gasteiger partial charge in [0.1, 0.15) is 5.70 Å². The first-order valence-corrected chi connectivity index (χ1v) is 14.4. The summed E-state index contributed by atoms with van der Waals surface area (Å²) in [6.45, 7) is 3.83. The molecule has 0 aliphatic heterocycles. The lowest BCUT2D eigenvalue weighted by Gasteiger charge is -2.14. The van der Waals surface area contributed by atoms with Crippen molar-refractivity contribution < 1.29 is 14.4 Å². The monoisotopic (exact) mass is 578 g/mol. The highest BCUT2D eigenvalue weighted by molar-refractivity contribution is 8.00. The Bertz CT molecular complexity index is 1570. The van der Waals surface area contributed by atoms with E-state index in [1.165, 1.54) is 11.8 Å². The lowest BCUT2D eigenvalue weighted by molar-refractivity contribution is -0.115. The number of thioether (sulfide) groups is 1. The van der Waals surface area contributed by atoms with E-state index < -0.39 is 5.91 Å². The first kappa shape index (κ1) is 30.1. The predicted octanol–water partition coefficient (Wildman–Crippen LogP) is 6.59. The van der Waals surface area contributed by atoms with Gasteiger partial charge in [0.2, 0.25) is 5.91 Å². The molecule has 0 aliphatic rings. The smallest absolute Gasteiger partial charge is 0.272 e. The number of amides is 3. The molecule has 4 aromatic carbocycles. The van der Waals surface area contributed by atoms with E-state index >= 15 is 0 Å². The van der Waals surface area contributed by atoms with Gasteiger partial charge in [0.05, 0.1) is 5.25 Å². The minimum atomic E-state index is -0.456. The number of carbonyl (C=O) groups excluding carboxylic acids is 3. The minimum absolute atomic E-state index is 0.0921. The number of benzene rings is 4. The van der Waals surface area contributed by atoms with Crippen LogP contribution in [0.1, 0.15) is 28.4 Å². The van der Waals surface area contributed by atoms with E-state index in [0.717, 1.165) is 27.4 Å². The molecule has 0 saturated heterocycles. The zero-order valence-corrected chi connectivity index (χ0v) is 24.9. The average Bonchev–Trinajstić information content (AvgIpc) is 2.98. The molecule has 3 amide bonds. The van der Waals surface area contributed by atoms with E-state index in [4.69, 9.17) is 0 Å². The van der Waals surface area contributed by atoms with E-state index in [2.05, 4.69) is 16.0 Å². The van der Waals surface area contributed by atoms with Crippen molar-refractivity contribution in [1.29, 1.82) is 0 Å². The third-order valence-corrected chi connectivity index (χ3v) is 7.44. The summed E-state index contributed by atoms with van der Waals surface area (Å²) in [5.41, 5.74) is 4.75. The maximum atomic E-state index is 13.3. The maximum Gasteiger partial charge on any atom is 0.272 e. The predicted molar refractivity (Wildman–Crippen MR) is 173 cm³/mol. The Kier molecular flexibility index (Phi) is 10.2. The Morgan fingerprint density at radius 1 is 0.786 bits per heavy atom. The summed E-state index contributed by atoms with van der Waals surface area (Å²) >= 11 is 1.42. The Labute approximate surface area is 251 Å². The summed E-state index contributed by atoms with van der Waals surface area (Å²) in [5, 5.41) is 8.26. The second-order valence-electron chi connectivity index (χ2n) is 9.96. The molecule has 0 aliphatic carbocycles. The van der Waals surface area contributed by atoms with Crippen molar-refractivity contribution in [3.8, 4) is 0 Å². The van der Waals surface area contributed by atoms with Gasteiger partial charge in [-0.2, -0.15) is 0 Å². The summed E-state index contributed by atoms with van der Waals surface area (Å²) in [5.74, 6) is -0.931. The standard InChI is InChI=1S/C34H34N4O3S/c1-23-9-8-12-28(21-23)36-32(39)24(2)42-30-19-15-27(16-20-30)35-34(41)31(37-33(40)26-10-6-5-7-11-26)22-25-13-17-29(18-14-25)38(3)4/h5-22,24H,1-4H3,(H,35,41)(H,36,39)(H,37,40)/b31-22-. The van der Waals surface area contributed by atoms with E-state index in [1.54, 1.807) is 42.5 Å². The van der Waals surface area contributed by atoms with Crippen molar-refractivity contribution in [2.75, 3.05) is 29.6 Å². The first-order valence-electron chi connectivity index (χ1n) is 13.5. The molecule has 4 aromatic rings. The van der Waals surface area contributed by atoms with E-state index in [1.807, 2.05) is 99.6 Å². The second-order valence-corrected chi connectivity index (χ2v) is 11.4. The molecule has 3 N–H and O–H groups in total. The number of anilines is 3. The van der Waals surface area contributed by atoms with Gasteiger partial charge in [0.25, 0.3) is 11.8 Å². The zero-order chi connectivity index (χ0) is 30.1. The topological polar surface area (TPSA) is 90.5 Å². The molecule has 214 valence electrons. The summed E-state index contributed by atoms with van der Waals surface area (Å²) in [4.78, 5) is 41.8. The number of hydrogen-bond donors (Lipinski definition) is 3. The molecular weight excluding hydrogens is 544 g/mol. The van der Waals surface area contributed by atoms with Crippen molar-refractivity contribution in [3.63, 3.8) is 0 Å². The lowest BCUT2D eigenvalue weighted by atomic mass is 10.1. The molecule has 0 aromatic heterocycles. The summed E-state index contributed by atoms with van der Waals surface area (Å²) in [7, 11) is 3.91. The largest absolute Gasteiger partial charge is 0.378 e. The quantitative estimate of drug-likeness (QED) is 0.146. The van der Waals surface area contributed by atoms with Crippen molar-refractivity contribution >= 4 is 52.6 Å². The van der Waals surface area contributed by atoms with Crippen LogP contribution in [0.2, 0.25) is 0 Å². The fourth-order valence-corrected chi connectivity index (χ4v) is 4.88. The molecule has 0 bridgehead atoms. The van der Waals surface area contributed by atoms with E-state index in [0.29, 0.717) is 11.3 Å². The Morgan fingerprint density at radius 2 is 1.48 bits per heavy atom. The molecule has 7 nitrogen and oxygen atoms in total. The van der Waals surface area contributed by atoms with Gasteiger partial charge in [-0.15, -0.1) is 11.8 Å². The third-order valence-electron chi connectivity index (χ3n) is 6.33. The first-order chi connectivity index (χ1) is 20.2. The summed E-state index contributed by atoms with van der Waals surface area (Å²) in [6.07, 6.45) is 1.65. The Hall–Kier alpha value is -4.82. The van der Waals surface area contributed by atoms with Gasteiger partial charge in [0.15, 0.2) is 0 Å². The van der Waals surface area contributed by atoms with Gasteiger partial charge in [0, 0.05) is 41.6 Å². The van der Waals surface area contributed by atoms with Gasteiger partial charge >= 0.3 is 0 Å². The van der Waals surface area contributed by atoms with Crippen LogP contribution in [0.4, 0.5) is 17.1 Å². The van der Waals surface area contributed by atoms with Gasteiger partial charge in [-0.05, 0) is 91.7 Å². The van der Waals surface area contributed by atoms with Gasteiger partial charge in [-0.1, -0.05) is 42.5 Å². The van der Waals surface area contributed by atoms with Crippen LogP contribution in [0.15, 0.2) is 114 Å². The van der Waals surface area contributed by atoms with Crippen LogP contribution in [0.3, 0.4) is 0 Å². The molecule has 0 fully saturated rings. The molecule has 0 saturated carbocycles. The number of rotatable bonds is 10. The third kappa shape index (κ3) is 8.59. The molecule has 4 rings (SSSR count). The Balaban J connectivity index is 1.44. The number of carbonyl (C=O) groups is 3. The van der Waals surface area contributed by atoms with Gasteiger partial charge < -0.3 is 20.9 Å². The molecule has 42 heavy (non-hydrogen) atoms. The highest BCUT2D eigenvalue weighted by atomic mass is 32.2. The number of hydrogen-bond acceptors (Lipinski definition) is 5. The molecule has 0 heterocycles. The van der Waals surface area contributed by atoms with Gasteiger partial charge in [-0.25, -0.2) is 0 Å². The molecule has 1 unspecified atom stereocenters. The van der Waals surface area contributed by atoms with Crippen molar-refractivity contribution in [1.82, 2.24) is 5.32 Å². The molecule has 8 heteroatoms. The molecule has 0 radical (unpaired) electrons. The van der Waals surface area contributed by atoms with Crippen LogP contribution in [-0.4, -0.2) is 37.1 Å². The highest BCUT2D eigenvalue weighted by Crippen LogP contribution is 2.26. The van der Waals surface area contributed by atoms with Crippen molar-refractivity contribution in [3.05, 3.63) is 126 Å². The van der Waals surface area contributed by atoms with E-state index in [9.17, 15) is 14.4 Å². The van der Waals surface area contributed by atoms with Crippen molar-refractivity contribution in [2.45, 2.75) is 24.0 Å². The summed E-state index contributed by atoms with van der Waals surface area (Å²) in [6, 6.07) is 31.3. The Morgan fingerprint density at radius 3 is 2.12 bits per heavy atom. The highest BCUT2D eigenvalue weighted by Gasteiger charge is 2.17. The van der Waals surface area contributed by atoms with Crippen LogP contribution in [-0.2, 0) is 9.59 Å². The molecular formula is C34H34N4O3S. The number of aryl methyl sites for hydroxylation is 1. The lowest BCUT2D eigenvalue weighted by Crippen LogP contribution is -2.30. The van der Waals surface area contributed by atoms with E-state index in [-0.39, 0.29) is 22.8 Å². The van der Waals surface area contributed by atoms with Crippen LogP contribution >= 0.6 is 11.8 Å². The number of nitrogens with zero attached hydrogens (tertiary/aromatic N) is 1. The normalized spacial score (nSPS) is 11.8. The van der Waals surface area contributed by atoms with Crippen LogP contribution < -0.4 is 20.9 Å². The van der Waals surface area contributed by atoms with Gasteiger partial charge in [-0.3, -0.25) is 14.4 Å². The minimum Gasteiger partial charge on any atom is -0.378 e. The number of nitrogens with one attached hydrogen (secondary N) is 3. The average molecular weight is 579 g/mol. The molecule has 0 spiro atoms. The maximum absolute atomic E-state index is 13.3. The van der Waals surface area contributed by atoms with Crippen LogP contribution in [0, 0.1) is 6.92 Å². The fourth-order valence-electron chi connectivity index (χ4n) is 4.02. The van der Waals surface area contributed by atoms with Crippen LogP contribution in [0.25, 0.3) is 6.08 Å². The van der Waals surface area contributed by atoms with Crippen LogP contribution in [0.5, 0.6) is 0 Å². The zero-order valence-electron chi connectivity index (χ0n) is 24.0. The van der Waals surface area contributed by atoms with Crippen molar-refractivity contribution in [2.24, 2.45) is 0 Å². The molecule has 1 atom stereocenters. The second kappa shape index (κ2) is 14.2.